The molecule has 0 aromatic rings. The summed E-state index contributed by atoms with van der Waals surface area (Å²) in [6, 6.07) is 0. The molecule has 0 saturated carbocycles. The van der Waals surface area contributed by atoms with Gasteiger partial charge in [0.25, 0.3) is 0 Å². The molecule has 8 heteroatoms. The summed E-state index contributed by atoms with van der Waals surface area (Å²) in [6.07, 6.45) is 0.0119. The monoisotopic (exact) mass is 296 g/mol. The molecule has 1 unspecified atom stereocenters. The lowest BCUT2D eigenvalue weighted by Crippen LogP contribution is -2.50. The Balaban J connectivity index is 2.19. The largest absolute Gasteiger partial charge is 0.472 e. The zero-order chi connectivity index (χ0) is 14.1. The van der Waals surface area contributed by atoms with E-state index in [4.69, 9.17) is 18.7 Å². The molecular formula is C11H21O7P. The van der Waals surface area contributed by atoms with Crippen molar-refractivity contribution in [3.8, 4) is 0 Å². The third kappa shape index (κ3) is 3.03. The minimum atomic E-state index is -4.08. The average molecular weight is 296 g/mol. The van der Waals surface area contributed by atoms with E-state index in [1.165, 1.54) is 0 Å². The van der Waals surface area contributed by atoms with Gasteiger partial charge in [0.2, 0.25) is 0 Å². The first-order chi connectivity index (χ1) is 8.94. The first-order valence-electron chi connectivity index (χ1n) is 6.29. The summed E-state index contributed by atoms with van der Waals surface area (Å²) in [5, 5.41) is 0. The summed E-state index contributed by atoms with van der Waals surface area (Å²) in [6.45, 7) is 2.90. The molecule has 5 atom stereocenters. The predicted octanol–water partition coefficient (Wildman–Crippen LogP) is 1.10. The molecule has 2 rings (SSSR count). The second kappa shape index (κ2) is 5.77. The molecule has 0 radical (unpaired) electrons. The van der Waals surface area contributed by atoms with Crippen LogP contribution in [0.1, 0.15) is 19.8 Å². The van der Waals surface area contributed by atoms with Crippen LogP contribution in [0.2, 0.25) is 0 Å². The zero-order valence-electron chi connectivity index (χ0n) is 11.4. The molecular weight excluding hydrogens is 275 g/mol. The Morgan fingerprint density at radius 3 is 2.84 bits per heavy atom. The number of rotatable bonds is 6. The van der Waals surface area contributed by atoms with Gasteiger partial charge in [0.05, 0.1) is 12.7 Å². The van der Waals surface area contributed by atoms with Crippen molar-refractivity contribution in [2.24, 2.45) is 0 Å². The van der Waals surface area contributed by atoms with Crippen molar-refractivity contribution >= 4 is 7.82 Å². The van der Waals surface area contributed by atoms with Crippen LogP contribution < -0.4 is 0 Å². The Morgan fingerprint density at radius 1 is 1.47 bits per heavy atom. The maximum Gasteiger partial charge on any atom is 0.472 e. The van der Waals surface area contributed by atoms with Gasteiger partial charge in [-0.2, -0.15) is 0 Å². The Bertz CT molecular complexity index is 363. The lowest BCUT2D eigenvalue weighted by atomic mass is 9.86. The number of ether oxygens (including phenoxy) is 3. The maximum absolute atomic E-state index is 11.7. The molecule has 0 aromatic carbocycles. The number of phosphoric ester groups is 1. The summed E-state index contributed by atoms with van der Waals surface area (Å²) < 4.78 is 38.1. The number of fused-ring (bicyclic) bond motifs is 2. The molecule has 2 fully saturated rings. The highest BCUT2D eigenvalue weighted by Gasteiger charge is 2.59. The maximum atomic E-state index is 11.7. The topological polar surface area (TPSA) is 83.5 Å². The highest BCUT2D eigenvalue weighted by atomic mass is 31.2. The van der Waals surface area contributed by atoms with Crippen LogP contribution in [-0.2, 0) is 27.8 Å². The fraction of sp³-hybridized carbons (Fsp3) is 1.00. The normalized spacial score (nSPS) is 41.2. The van der Waals surface area contributed by atoms with Gasteiger partial charge in [-0.1, -0.05) is 0 Å². The van der Waals surface area contributed by atoms with Gasteiger partial charge in [0.15, 0.2) is 0 Å². The van der Waals surface area contributed by atoms with Crippen molar-refractivity contribution < 1.29 is 32.7 Å². The molecule has 7 nitrogen and oxygen atoms in total. The Labute approximate surface area is 112 Å². The SMILES string of the molecule is COCC[C@@]12CCO[C@H]([C@H](C)O1)[C@@H]2OP(=O)(O)OC. The number of hydrogen-bond donors (Lipinski definition) is 1. The highest BCUT2D eigenvalue weighted by molar-refractivity contribution is 7.47. The van der Waals surface area contributed by atoms with Crippen LogP contribution in [0.4, 0.5) is 0 Å². The Kier molecular flexibility index (Phi) is 4.67. The summed E-state index contributed by atoms with van der Waals surface area (Å²) in [5.74, 6) is 0. The van der Waals surface area contributed by atoms with Crippen LogP contribution in [0.25, 0.3) is 0 Å². The van der Waals surface area contributed by atoms with E-state index in [0.717, 1.165) is 7.11 Å². The molecule has 0 aromatic heterocycles. The van der Waals surface area contributed by atoms with Crippen LogP contribution in [0.15, 0.2) is 0 Å². The minimum absolute atomic E-state index is 0.193. The van der Waals surface area contributed by atoms with Crippen molar-refractivity contribution in [3.63, 3.8) is 0 Å². The lowest BCUT2D eigenvalue weighted by molar-refractivity contribution is -0.125. The lowest BCUT2D eigenvalue weighted by Gasteiger charge is -2.38. The van der Waals surface area contributed by atoms with E-state index < -0.39 is 19.5 Å². The van der Waals surface area contributed by atoms with Gasteiger partial charge < -0.3 is 19.1 Å². The van der Waals surface area contributed by atoms with E-state index in [0.29, 0.717) is 26.1 Å². The van der Waals surface area contributed by atoms with Crippen LogP contribution in [0.3, 0.4) is 0 Å². The van der Waals surface area contributed by atoms with E-state index >= 15 is 0 Å². The van der Waals surface area contributed by atoms with Crippen molar-refractivity contribution in [1.29, 1.82) is 0 Å². The van der Waals surface area contributed by atoms with E-state index in [2.05, 4.69) is 4.52 Å². The summed E-state index contributed by atoms with van der Waals surface area (Å²) in [5.41, 5.74) is -0.644. The number of hydrogen-bond acceptors (Lipinski definition) is 6. The van der Waals surface area contributed by atoms with E-state index in [-0.39, 0.29) is 12.2 Å². The number of phosphoric acid groups is 1. The molecule has 0 amide bonds. The molecule has 2 aliphatic rings. The number of methoxy groups -OCH3 is 1. The van der Waals surface area contributed by atoms with Crippen molar-refractivity contribution in [2.45, 2.75) is 43.7 Å². The third-order valence-electron chi connectivity index (χ3n) is 3.74. The molecule has 2 heterocycles. The summed E-state index contributed by atoms with van der Waals surface area (Å²) >= 11 is 0. The quantitative estimate of drug-likeness (QED) is 0.735. The van der Waals surface area contributed by atoms with Crippen molar-refractivity contribution in [3.05, 3.63) is 0 Å². The van der Waals surface area contributed by atoms with Gasteiger partial charge in [0, 0.05) is 33.7 Å². The van der Waals surface area contributed by atoms with Gasteiger partial charge in [0.1, 0.15) is 17.8 Å². The second-order valence-corrected chi connectivity index (χ2v) is 6.41. The molecule has 19 heavy (non-hydrogen) atoms. The summed E-state index contributed by atoms with van der Waals surface area (Å²) in [4.78, 5) is 9.53. The molecule has 0 spiro atoms. The average Bonchev–Trinajstić information content (AvgIpc) is 2.52. The standard InChI is InChI=1S/C11H21O7P/c1-8-9-10(18-19(12,13)15-3)11(17-8,4-6-14-2)5-7-16-9/h8-10H,4-7H2,1-3H3,(H,12,13)/t8-,9+,10-,11-/m0/s1. The Hall–Kier alpha value is -0.0100. The molecule has 2 aliphatic heterocycles. The van der Waals surface area contributed by atoms with E-state index in [1.54, 1.807) is 7.11 Å². The molecule has 1 N–H and O–H groups in total. The molecule has 112 valence electrons. The fourth-order valence-electron chi connectivity index (χ4n) is 2.79. The predicted molar refractivity (Wildman–Crippen MR) is 65.8 cm³/mol. The van der Waals surface area contributed by atoms with E-state index in [9.17, 15) is 9.46 Å². The smallest absolute Gasteiger partial charge is 0.385 e. The molecule has 0 aliphatic carbocycles. The summed E-state index contributed by atoms with van der Waals surface area (Å²) in [7, 11) is -1.34. The first kappa shape index (κ1) is 15.4. The molecule has 2 bridgehead atoms. The van der Waals surface area contributed by atoms with Crippen LogP contribution in [0.5, 0.6) is 0 Å². The van der Waals surface area contributed by atoms with Crippen LogP contribution >= 0.6 is 7.82 Å². The second-order valence-electron chi connectivity index (χ2n) is 4.89. The van der Waals surface area contributed by atoms with Crippen molar-refractivity contribution in [2.75, 3.05) is 27.4 Å². The van der Waals surface area contributed by atoms with Gasteiger partial charge >= 0.3 is 7.82 Å². The van der Waals surface area contributed by atoms with Crippen LogP contribution in [-0.4, -0.2) is 56.2 Å². The third-order valence-corrected chi connectivity index (χ3v) is 4.70. The first-order valence-corrected chi connectivity index (χ1v) is 7.79. The van der Waals surface area contributed by atoms with Gasteiger partial charge in [-0.25, -0.2) is 4.57 Å². The Morgan fingerprint density at radius 2 is 2.21 bits per heavy atom. The highest BCUT2D eigenvalue weighted by Crippen LogP contribution is 2.52. The van der Waals surface area contributed by atoms with Gasteiger partial charge in [-0.3, -0.25) is 9.05 Å². The van der Waals surface area contributed by atoms with E-state index in [1.807, 2.05) is 6.92 Å². The zero-order valence-corrected chi connectivity index (χ0v) is 12.3. The van der Waals surface area contributed by atoms with Crippen molar-refractivity contribution in [1.82, 2.24) is 0 Å². The van der Waals surface area contributed by atoms with Gasteiger partial charge in [-0.05, 0) is 6.92 Å². The molecule has 2 saturated heterocycles. The van der Waals surface area contributed by atoms with Gasteiger partial charge in [-0.15, -0.1) is 0 Å². The fourth-order valence-corrected chi connectivity index (χ4v) is 3.47. The van der Waals surface area contributed by atoms with Crippen LogP contribution in [0, 0.1) is 0 Å². The minimum Gasteiger partial charge on any atom is -0.385 e.